The molecule has 0 saturated heterocycles. The van der Waals surface area contributed by atoms with Gasteiger partial charge in [0.1, 0.15) is 5.56 Å². The van der Waals surface area contributed by atoms with E-state index in [9.17, 15) is 9.59 Å². The lowest BCUT2D eigenvalue weighted by molar-refractivity contribution is 0.0695. The van der Waals surface area contributed by atoms with Gasteiger partial charge in [-0.25, -0.2) is 4.79 Å². The van der Waals surface area contributed by atoms with Crippen molar-refractivity contribution in [3.05, 3.63) is 43.6 Å². The first-order valence-electron chi connectivity index (χ1n) is 4.24. The van der Waals surface area contributed by atoms with E-state index in [1.54, 1.807) is 12.1 Å². The van der Waals surface area contributed by atoms with Gasteiger partial charge in [-0.2, -0.15) is 0 Å². The number of pyridine rings is 1. The van der Waals surface area contributed by atoms with Crippen molar-refractivity contribution in [2.75, 3.05) is 0 Å². The minimum atomic E-state index is -1.26. The monoisotopic (exact) mass is 301 g/mol. The molecular weight excluding hydrogens is 297 g/mol. The Morgan fingerprint density at radius 3 is 2.69 bits per heavy atom. The molecule has 2 aromatic rings. The Morgan fingerprint density at radius 1 is 1.38 bits per heavy atom. The number of halogens is 2. The molecule has 0 spiro atoms. The number of hydrogen-bond acceptors (Lipinski definition) is 2. The van der Waals surface area contributed by atoms with E-state index >= 15 is 0 Å². The second-order valence-corrected chi connectivity index (χ2v) is 4.46. The lowest BCUT2D eigenvalue weighted by Crippen LogP contribution is -2.17. The normalized spacial score (nSPS) is 10.6. The lowest BCUT2D eigenvalue weighted by Gasteiger charge is -2.03. The Morgan fingerprint density at radius 2 is 2.06 bits per heavy atom. The molecule has 0 aliphatic carbocycles. The molecule has 0 atom stereocenters. The fraction of sp³-hybridized carbons (Fsp3) is 0. The summed E-state index contributed by atoms with van der Waals surface area (Å²) in [5.74, 6) is -1.26. The second-order valence-electron chi connectivity index (χ2n) is 3.17. The summed E-state index contributed by atoms with van der Waals surface area (Å²) in [5.41, 5.74) is -0.413. The Kier molecular flexibility index (Phi) is 2.73. The summed E-state index contributed by atoms with van der Waals surface area (Å²) in [6.45, 7) is 0. The highest BCUT2D eigenvalue weighted by atomic mass is 79.9. The van der Waals surface area contributed by atoms with Crippen LogP contribution in [-0.4, -0.2) is 16.1 Å². The van der Waals surface area contributed by atoms with Crippen molar-refractivity contribution in [2.24, 2.45) is 0 Å². The van der Waals surface area contributed by atoms with Crippen LogP contribution in [0.3, 0.4) is 0 Å². The number of carboxylic acids is 1. The number of aromatic carboxylic acids is 1. The minimum absolute atomic E-state index is 0.304. The van der Waals surface area contributed by atoms with Gasteiger partial charge >= 0.3 is 5.97 Å². The predicted octanol–water partition coefficient (Wildman–Crippen LogP) is 2.64. The van der Waals surface area contributed by atoms with Crippen LogP contribution in [-0.2, 0) is 0 Å². The number of aromatic nitrogens is 1. The van der Waals surface area contributed by atoms with Crippen LogP contribution >= 0.6 is 27.5 Å². The summed E-state index contributed by atoms with van der Waals surface area (Å²) < 4.78 is 0.615. The number of carbonyl (C=O) groups is 1. The fourth-order valence-electron chi connectivity index (χ4n) is 1.40. The molecule has 0 unspecified atom stereocenters. The van der Waals surface area contributed by atoms with Crippen LogP contribution in [0.2, 0.25) is 5.02 Å². The molecule has 1 heterocycles. The smallest absolute Gasteiger partial charge is 0.341 e. The largest absolute Gasteiger partial charge is 0.477 e. The van der Waals surface area contributed by atoms with Gasteiger partial charge in [0.25, 0.3) is 5.56 Å². The third-order valence-corrected chi connectivity index (χ3v) is 2.94. The van der Waals surface area contributed by atoms with E-state index in [-0.39, 0.29) is 5.56 Å². The summed E-state index contributed by atoms with van der Waals surface area (Å²) in [6.07, 6.45) is 0. The Bertz CT molecular complexity index is 650. The number of nitrogens with one attached hydrogen (secondary N) is 1. The van der Waals surface area contributed by atoms with Crippen molar-refractivity contribution >= 4 is 44.4 Å². The minimum Gasteiger partial charge on any atom is -0.477 e. The molecule has 0 amide bonds. The molecule has 2 N–H and O–H groups in total. The zero-order valence-corrected chi connectivity index (χ0v) is 10.1. The molecule has 2 rings (SSSR count). The first kappa shape index (κ1) is 11.2. The third kappa shape index (κ3) is 1.83. The number of benzene rings is 1. The first-order valence-corrected chi connectivity index (χ1v) is 5.41. The Hall–Kier alpha value is -1.33. The molecule has 4 nitrogen and oxygen atoms in total. The van der Waals surface area contributed by atoms with E-state index < -0.39 is 11.5 Å². The van der Waals surface area contributed by atoms with Crippen LogP contribution in [0, 0.1) is 0 Å². The molecule has 6 heteroatoms. The molecule has 0 bridgehead atoms. The molecule has 0 aliphatic rings. The van der Waals surface area contributed by atoms with Crippen LogP contribution < -0.4 is 5.56 Å². The molecule has 16 heavy (non-hydrogen) atoms. The number of aromatic amines is 1. The lowest BCUT2D eigenvalue weighted by atomic mass is 10.1. The summed E-state index contributed by atoms with van der Waals surface area (Å²) in [7, 11) is 0. The highest BCUT2D eigenvalue weighted by Gasteiger charge is 2.11. The molecule has 0 aliphatic heterocycles. The SMILES string of the molecule is O=C(O)c1cc2cc(Cl)cc(Br)c2[nH]c1=O. The van der Waals surface area contributed by atoms with E-state index in [4.69, 9.17) is 16.7 Å². The molecule has 0 fully saturated rings. The quantitative estimate of drug-likeness (QED) is 0.851. The molecule has 82 valence electrons. The maximum absolute atomic E-state index is 11.4. The zero-order chi connectivity index (χ0) is 11.9. The molecule has 0 saturated carbocycles. The summed E-state index contributed by atoms with van der Waals surface area (Å²) >= 11 is 9.07. The highest BCUT2D eigenvalue weighted by Crippen LogP contribution is 2.26. The van der Waals surface area contributed by atoms with Crippen molar-refractivity contribution < 1.29 is 9.90 Å². The Labute approximate surface area is 103 Å². The first-order chi connectivity index (χ1) is 7.49. The number of carboxylic acid groups (broad SMARTS) is 1. The molecular formula is C10H5BrClNO3. The molecule has 1 aromatic heterocycles. The fourth-order valence-corrected chi connectivity index (χ4v) is 2.33. The van der Waals surface area contributed by atoms with Crippen LogP contribution in [0.5, 0.6) is 0 Å². The van der Waals surface area contributed by atoms with Crippen molar-refractivity contribution in [2.45, 2.75) is 0 Å². The number of fused-ring (bicyclic) bond motifs is 1. The van der Waals surface area contributed by atoms with Crippen molar-refractivity contribution in [3.8, 4) is 0 Å². The predicted molar refractivity (Wildman–Crippen MR) is 64.2 cm³/mol. The van der Waals surface area contributed by atoms with E-state index in [0.29, 0.717) is 20.4 Å². The number of hydrogen-bond donors (Lipinski definition) is 2. The van der Waals surface area contributed by atoms with Gasteiger partial charge in [-0.05, 0) is 34.1 Å². The number of H-pyrrole nitrogens is 1. The maximum Gasteiger partial charge on any atom is 0.341 e. The van der Waals surface area contributed by atoms with Gasteiger partial charge in [0.2, 0.25) is 0 Å². The van der Waals surface area contributed by atoms with Gasteiger partial charge in [0.05, 0.1) is 5.52 Å². The molecule has 0 radical (unpaired) electrons. The summed E-state index contributed by atoms with van der Waals surface area (Å²) in [4.78, 5) is 24.7. The van der Waals surface area contributed by atoms with E-state index in [0.717, 1.165) is 0 Å². The third-order valence-electron chi connectivity index (χ3n) is 2.10. The summed E-state index contributed by atoms with van der Waals surface area (Å²) in [5, 5.41) is 9.83. The van der Waals surface area contributed by atoms with E-state index in [1.165, 1.54) is 6.07 Å². The average molecular weight is 303 g/mol. The summed E-state index contributed by atoms with van der Waals surface area (Å²) in [6, 6.07) is 4.51. The van der Waals surface area contributed by atoms with Gasteiger partial charge in [-0.3, -0.25) is 4.79 Å². The average Bonchev–Trinajstić information content (AvgIpc) is 2.18. The van der Waals surface area contributed by atoms with Gasteiger partial charge in [-0.1, -0.05) is 11.6 Å². The van der Waals surface area contributed by atoms with Gasteiger partial charge in [0.15, 0.2) is 0 Å². The molecule has 1 aromatic carbocycles. The van der Waals surface area contributed by atoms with E-state index in [1.807, 2.05) is 0 Å². The van der Waals surface area contributed by atoms with Crippen molar-refractivity contribution in [1.82, 2.24) is 4.98 Å². The maximum atomic E-state index is 11.4. The van der Waals surface area contributed by atoms with Crippen LogP contribution in [0.1, 0.15) is 10.4 Å². The highest BCUT2D eigenvalue weighted by molar-refractivity contribution is 9.10. The van der Waals surface area contributed by atoms with Crippen molar-refractivity contribution in [1.29, 1.82) is 0 Å². The van der Waals surface area contributed by atoms with Crippen LogP contribution in [0.25, 0.3) is 10.9 Å². The van der Waals surface area contributed by atoms with E-state index in [2.05, 4.69) is 20.9 Å². The van der Waals surface area contributed by atoms with Gasteiger partial charge < -0.3 is 10.1 Å². The standard InChI is InChI=1S/C10H5BrClNO3/c11-7-3-5(12)1-4-2-6(10(15)16)9(14)13-8(4)7/h1-3H,(H,13,14)(H,15,16). The Balaban J connectivity index is 2.90. The van der Waals surface area contributed by atoms with Gasteiger partial charge in [-0.15, -0.1) is 0 Å². The van der Waals surface area contributed by atoms with Crippen LogP contribution in [0.4, 0.5) is 0 Å². The van der Waals surface area contributed by atoms with Gasteiger partial charge in [0, 0.05) is 14.9 Å². The number of rotatable bonds is 1. The second kappa shape index (κ2) is 3.92. The van der Waals surface area contributed by atoms with Crippen LogP contribution in [0.15, 0.2) is 27.5 Å². The zero-order valence-electron chi connectivity index (χ0n) is 7.75. The van der Waals surface area contributed by atoms with Crippen molar-refractivity contribution in [3.63, 3.8) is 0 Å². The topological polar surface area (TPSA) is 70.2 Å².